The summed E-state index contributed by atoms with van der Waals surface area (Å²) in [6.45, 7) is 9.77. The summed E-state index contributed by atoms with van der Waals surface area (Å²) in [5.74, 6) is 0.895. The van der Waals surface area contributed by atoms with E-state index in [0.717, 1.165) is 5.92 Å². The minimum atomic E-state index is 0.607. The maximum atomic E-state index is 3.52. The minimum absolute atomic E-state index is 0.607. The molecule has 1 saturated carbocycles. The summed E-state index contributed by atoms with van der Waals surface area (Å²) < 4.78 is 0. The SMILES string of the molecule is CC1CNCC12CCC2(C)C. The van der Waals surface area contributed by atoms with E-state index in [1.165, 1.54) is 25.9 Å². The van der Waals surface area contributed by atoms with E-state index in [1.807, 2.05) is 0 Å². The van der Waals surface area contributed by atoms with E-state index in [0.29, 0.717) is 10.8 Å². The maximum Gasteiger partial charge on any atom is 0.00161 e. The highest BCUT2D eigenvalue weighted by atomic mass is 15.0. The van der Waals surface area contributed by atoms with Gasteiger partial charge in [-0.05, 0) is 36.1 Å². The van der Waals surface area contributed by atoms with Gasteiger partial charge in [0, 0.05) is 6.54 Å². The van der Waals surface area contributed by atoms with Gasteiger partial charge in [0.2, 0.25) is 0 Å². The van der Waals surface area contributed by atoms with E-state index in [4.69, 9.17) is 0 Å². The highest BCUT2D eigenvalue weighted by molar-refractivity contribution is 5.08. The molecule has 0 radical (unpaired) electrons. The van der Waals surface area contributed by atoms with Gasteiger partial charge in [0.25, 0.3) is 0 Å². The summed E-state index contributed by atoms with van der Waals surface area (Å²) in [7, 11) is 0. The van der Waals surface area contributed by atoms with Crippen molar-refractivity contribution in [1.29, 1.82) is 0 Å². The summed E-state index contributed by atoms with van der Waals surface area (Å²) in [6, 6.07) is 0. The molecule has 11 heavy (non-hydrogen) atoms. The molecule has 2 aliphatic rings. The van der Waals surface area contributed by atoms with Crippen molar-refractivity contribution in [2.45, 2.75) is 33.6 Å². The second-order valence-corrected chi connectivity index (χ2v) is 5.07. The highest BCUT2D eigenvalue weighted by Gasteiger charge is 2.57. The van der Waals surface area contributed by atoms with Crippen molar-refractivity contribution >= 4 is 0 Å². The Kier molecular flexibility index (Phi) is 1.39. The molecule has 1 aliphatic carbocycles. The molecule has 1 aliphatic heterocycles. The van der Waals surface area contributed by atoms with Gasteiger partial charge in [0.15, 0.2) is 0 Å². The van der Waals surface area contributed by atoms with Gasteiger partial charge in [-0.25, -0.2) is 0 Å². The molecule has 2 fully saturated rings. The van der Waals surface area contributed by atoms with Crippen LogP contribution in [0, 0.1) is 16.7 Å². The average Bonchev–Trinajstić information content (AvgIpc) is 2.31. The molecule has 0 aromatic rings. The van der Waals surface area contributed by atoms with E-state index < -0.39 is 0 Å². The molecular weight excluding hydrogens is 134 g/mol. The lowest BCUT2D eigenvalue weighted by molar-refractivity contribution is -0.0648. The number of hydrogen-bond acceptors (Lipinski definition) is 1. The summed E-state index contributed by atoms with van der Waals surface area (Å²) in [5.41, 5.74) is 1.27. The zero-order chi connectivity index (χ0) is 8.11. The van der Waals surface area contributed by atoms with E-state index in [9.17, 15) is 0 Å². The summed E-state index contributed by atoms with van der Waals surface area (Å²) >= 11 is 0. The molecule has 0 amide bonds. The van der Waals surface area contributed by atoms with Crippen LogP contribution >= 0.6 is 0 Å². The van der Waals surface area contributed by atoms with Crippen molar-refractivity contribution in [3.63, 3.8) is 0 Å². The fourth-order valence-corrected chi connectivity index (χ4v) is 3.07. The largest absolute Gasteiger partial charge is 0.316 e. The molecule has 0 bridgehead atoms. The van der Waals surface area contributed by atoms with Crippen molar-refractivity contribution in [2.24, 2.45) is 16.7 Å². The summed E-state index contributed by atoms with van der Waals surface area (Å²) in [4.78, 5) is 0. The molecule has 2 atom stereocenters. The van der Waals surface area contributed by atoms with Crippen LogP contribution in [0.25, 0.3) is 0 Å². The van der Waals surface area contributed by atoms with Gasteiger partial charge in [-0.3, -0.25) is 0 Å². The molecule has 1 heteroatoms. The first-order chi connectivity index (χ1) is 5.08. The van der Waals surface area contributed by atoms with Crippen molar-refractivity contribution in [3.8, 4) is 0 Å². The molecule has 1 heterocycles. The van der Waals surface area contributed by atoms with Crippen LogP contribution in [0.2, 0.25) is 0 Å². The minimum Gasteiger partial charge on any atom is -0.316 e. The van der Waals surface area contributed by atoms with Crippen molar-refractivity contribution in [3.05, 3.63) is 0 Å². The summed E-state index contributed by atoms with van der Waals surface area (Å²) in [6.07, 6.45) is 2.88. The molecule has 0 aromatic heterocycles. The van der Waals surface area contributed by atoms with Crippen molar-refractivity contribution < 1.29 is 0 Å². The average molecular weight is 153 g/mol. The van der Waals surface area contributed by atoms with Gasteiger partial charge in [-0.15, -0.1) is 0 Å². The zero-order valence-electron chi connectivity index (χ0n) is 7.91. The van der Waals surface area contributed by atoms with E-state index in [2.05, 4.69) is 26.1 Å². The Morgan fingerprint density at radius 1 is 1.27 bits per heavy atom. The third-order valence-electron chi connectivity index (χ3n) is 4.38. The first-order valence-corrected chi connectivity index (χ1v) is 4.79. The van der Waals surface area contributed by atoms with Gasteiger partial charge in [0.05, 0.1) is 0 Å². The predicted molar refractivity (Wildman–Crippen MR) is 47.5 cm³/mol. The van der Waals surface area contributed by atoms with Crippen LogP contribution in [-0.4, -0.2) is 13.1 Å². The Morgan fingerprint density at radius 3 is 2.18 bits per heavy atom. The van der Waals surface area contributed by atoms with Crippen LogP contribution in [-0.2, 0) is 0 Å². The molecule has 0 aromatic carbocycles. The normalized spacial score (nSPS) is 47.7. The Labute approximate surface area is 69.6 Å². The Morgan fingerprint density at radius 2 is 2.00 bits per heavy atom. The first-order valence-electron chi connectivity index (χ1n) is 4.79. The smallest absolute Gasteiger partial charge is 0.00161 e. The van der Waals surface area contributed by atoms with Crippen LogP contribution in [0.4, 0.5) is 0 Å². The number of nitrogens with one attached hydrogen (secondary N) is 1. The molecule has 2 rings (SSSR count). The van der Waals surface area contributed by atoms with E-state index >= 15 is 0 Å². The van der Waals surface area contributed by atoms with Gasteiger partial charge < -0.3 is 5.32 Å². The van der Waals surface area contributed by atoms with E-state index in [-0.39, 0.29) is 0 Å². The second-order valence-electron chi connectivity index (χ2n) is 5.07. The Balaban J connectivity index is 2.22. The Bertz CT molecular complexity index is 174. The maximum absolute atomic E-state index is 3.52. The Hall–Kier alpha value is -0.0400. The lowest BCUT2D eigenvalue weighted by atomic mass is 9.48. The number of rotatable bonds is 0. The molecule has 1 nitrogen and oxygen atoms in total. The number of hydrogen-bond donors (Lipinski definition) is 1. The highest BCUT2D eigenvalue weighted by Crippen LogP contribution is 2.61. The van der Waals surface area contributed by atoms with E-state index in [1.54, 1.807) is 0 Å². The molecule has 1 saturated heterocycles. The van der Waals surface area contributed by atoms with Crippen molar-refractivity contribution in [1.82, 2.24) is 5.32 Å². The van der Waals surface area contributed by atoms with Gasteiger partial charge >= 0.3 is 0 Å². The van der Waals surface area contributed by atoms with Gasteiger partial charge in [-0.1, -0.05) is 20.8 Å². The molecule has 1 spiro atoms. The fraction of sp³-hybridized carbons (Fsp3) is 1.00. The molecule has 64 valence electrons. The fourth-order valence-electron chi connectivity index (χ4n) is 3.07. The van der Waals surface area contributed by atoms with Crippen LogP contribution in [0.5, 0.6) is 0 Å². The van der Waals surface area contributed by atoms with Crippen LogP contribution < -0.4 is 5.32 Å². The molecule has 1 N–H and O–H groups in total. The van der Waals surface area contributed by atoms with Gasteiger partial charge in [0.1, 0.15) is 0 Å². The predicted octanol–water partition coefficient (Wildman–Crippen LogP) is 2.03. The van der Waals surface area contributed by atoms with Crippen LogP contribution in [0.3, 0.4) is 0 Å². The van der Waals surface area contributed by atoms with Crippen LogP contribution in [0.1, 0.15) is 33.6 Å². The first kappa shape index (κ1) is 7.60. The molecular formula is C10H19N. The standard InChI is InChI=1S/C10H19N/c1-8-6-11-7-10(8)5-4-9(10,2)3/h8,11H,4-7H2,1-3H3. The lowest BCUT2D eigenvalue weighted by Crippen LogP contribution is -2.51. The lowest BCUT2D eigenvalue weighted by Gasteiger charge is -2.57. The third-order valence-corrected chi connectivity index (χ3v) is 4.38. The zero-order valence-corrected chi connectivity index (χ0v) is 7.91. The third kappa shape index (κ3) is 0.752. The van der Waals surface area contributed by atoms with Crippen LogP contribution in [0.15, 0.2) is 0 Å². The second kappa shape index (κ2) is 2.01. The summed E-state index contributed by atoms with van der Waals surface area (Å²) in [5, 5.41) is 3.52. The quantitative estimate of drug-likeness (QED) is 0.561. The topological polar surface area (TPSA) is 12.0 Å². The molecule has 2 unspecified atom stereocenters. The monoisotopic (exact) mass is 153 g/mol. The van der Waals surface area contributed by atoms with Crippen molar-refractivity contribution in [2.75, 3.05) is 13.1 Å². The van der Waals surface area contributed by atoms with Gasteiger partial charge in [-0.2, -0.15) is 0 Å².